The molecule has 2 amide bonds. The second-order valence-corrected chi connectivity index (χ2v) is 9.74. The third-order valence-corrected chi connectivity index (χ3v) is 6.79. The maximum Gasteiger partial charge on any atom is 0.338 e. The second kappa shape index (κ2) is 10.4. The maximum atomic E-state index is 13.1. The van der Waals surface area contributed by atoms with Crippen molar-refractivity contribution in [1.82, 2.24) is 9.97 Å². The smallest absolute Gasteiger partial charge is 0.338 e. The molecule has 0 saturated carbocycles. The van der Waals surface area contributed by atoms with Gasteiger partial charge in [0.25, 0.3) is 21.8 Å². The molecule has 190 valence electrons. The first-order valence-corrected chi connectivity index (χ1v) is 12.7. The highest BCUT2D eigenvalue weighted by Crippen LogP contribution is 2.31. The van der Waals surface area contributed by atoms with E-state index in [4.69, 9.17) is 16.3 Å². The second-order valence-electron chi connectivity index (χ2n) is 7.68. The Morgan fingerprint density at radius 2 is 1.81 bits per heavy atom. The summed E-state index contributed by atoms with van der Waals surface area (Å²) in [5.41, 5.74) is 1.01. The SMILES string of the molecule is CCOC(=O)c1cccc(N2C(=O)C(Cl)=C(Nc3ccc(S(=O)(=O)Nc4nccc(C)n4)cc3)C2=O)c1. The van der Waals surface area contributed by atoms with Crippen LogP contribution < -0.4 is 14.9 Å². The molecule has 0 bridgehead atoms. The molecule has 37 heavy (non-hydrogen) atoms. The van der Waals surface area contributed by atoms with Gasteiger partial charge in [0.15, 0.2) is 0 Å². The van der Waals surface area contributed by atoms with E-state index in [0.717, 1.165) is 4.90 Å². The number of hydrogen-bond acceptors (Lipinski definition) is 9. The van der Waals surface area contributed by atoms with E-state index in [1.54, 1.807) is 19.9 Å². The average Bonchev–Trinajstić information content (AvgIpc) is 3.07. The molecule has 4 rings (SSSR count). The highest BCUT2D eigenvalue weighted by molar-refractivity contribution is 7.92. The van der Waals surface area contributed by atoms with Gasteiger partial charge in [0.1, 0.15) is 10.7 Å². The fourth-order valence-corrected chi connectivity index (χ4v) is 4.53. The van der Waals surface area contributed by atoms with E-state index >= 15 is 0 Å². The lowest BCUT2D eigenvalue weighted by atomic mass is 10.2. The molecule has 3 aromatic rings. The van der Waals surface area contributed by atoms with Crippen molar-refractivity contribution in [3.63, 3.8) is 0 Å². The van der Waals surface area contributed by atoms with Crippen molar-refractivity contribution in [1.29, 1.82) is 0 Å². The number of anilines is 3. The minimum absolute atomic E-state index is 0.0682. The van der Waals surface area contributed by atoms with Crippen molar-refractivity contribution in [2.45, 2.75) is 18.7 Å². The van der Waals surface area contributed by atoms with Crippen molar-refractivity contribution >= 4 is 56.7 Å². The van der Waals surface area contributed by atoms with Gasteiger partial charge in [0.05, 0.1) is 22.8 Å². The lowest BCUT2D eigenvalue weighted by Gasteiger charge is -2.16. The molecule has 1 aliphatic heterocycles. The molecule has 0 aliphatic carbocycles. The van der Waals surface area contributed by atoms with Gasteiger partial charge in [-0.05, 0) is 62.4 Å². The van der Waals surface area contributed by atoms with Crippen LogP contribution in [0.25, 0.3) is 0 Å². The van der Waals surface area contributed by atoms with Crippen molar-refractivity contribution in [3.05, 3.63) is 82.8 Å². The first-order chi connectivity index (χ1) is 17.6. The summed E-state index contributed by atoms with van der Waals surface area (Å²) < 4.78 is 32.6. The first kappa shape index (κ1) is 25.8. The number of imide groups is 1. The molecule has 2 heterocycles. The van der Waals surface area contributed by atoms with Gasteiger partial charge < -0.3 is 10.1 Å². The number of hydrogen-bond donors (Lipinski definition) is 2. The highest BCUT2D eigenvalue weighted by atomic mass is 35.5. The molecule has 1 aromatic heterocycles. The molecule has 2 N–H and O–H groups in total. The van der Waals surface area contributed by atoms with Gasteiger partial charge in [0, 0.05) is 17.6 Å². The number of sulfonamides is 1. The molecule has 0 radical (unpaired) electrons. The number of rotatable bonds is 8. The highest BCUT2D eigenvalue weighted by Gasteiger charge is 2.39. The average molecular weight is 542 g/mol. The van der Waals surface area contributed by atoms with Crippen LogP contribution in [0.5, 0.6) is 0 Å². The van der Waals surface area contributed by atoms with Crippen LogP contribution in [0.4, 0.5) is 17.3 Å². The molecule has 2 aromatic carbocycles. The zero-order valence-corrected chi connectivity index (χ0v) is 21.1. The molecule has 0 spiro atoms. The van der Waals surface area contributed by atoms with Crippen LogP contribution in [0.2, 0.25) is 0 Å². The Balaban J connectivity index is 1.52. The van der Waals surface area contributed by atoms with E-state index in [9.17, 15) is 22.8 Å². The number of nitrogens with one attached hydrogen (secondary N) is 2. The van der Waals surface area contributed by atoms with E-state index in [1.165, 1.54) is 54.7 Å². The van der Waals surface area contributed by atoms with E-state index < -0.39 is 27.8 Å². The number of carbonyl (C=O) groups excluding carboxylic acids is 3. The predicted molar refractivity (Wildman–Crippen MR) is 135 cm³/mol. The summed E-state index contributed by atoms with van der Waals surface area (Å²) in [6.07, 6.45) is 1.43. The Labute approximate surface area is 217 Å². The Hall–Kier alpha value is -4.29. The Morgan fingerprint density at radius 1 is 1.08 bits per heavy atom. The lowest BCUT2D eigenvalue weighted by molar-refractivity contribution is -0.120. The standard InChI is InChI=1S/C24H20ClN5O6S/c1-3-36-23(33)15-5-4-6-17(13-15)30-21(31)19(25)20(22(30)32)28-16-7-9-18(10-8-16)37(34,35)29-24-26-12-11-14(2)27-24/h4-13,28H,3H2,1-2H3,(H,26,27,29). The zero-order chi connectivity index (χ0) is 26.7. The number of halogens is 1. The number of carbonyl (C=O) groups is 3. The van der Waals surface area contributed by atoms with Gasteiger partial charge in [-0.3, -0.25) is 9.59 Å². The molecule has 1 aliphatic rings. The Morgan fingerprint density at radius 3 is 2.49 bits per heavy atom. The molecule has 0 saturated heterocycles. The van der Waals surface area contributed by atoms with Crippen LogP contribution >= 0.6 is 11.6 Å². The Bertz CT molecular complexity index is 1540. The van der Waals surface area contributed by atoms with Gasteiger partial charge >= 0.3 is 5.97 Å². The normalized spacial score (nSPS) is 13.6. The fraction of sp³-hybridized carbons (Fsp3) is 0.125. The van der Waals surface area contributed by atoms with Crippen molar-refractivity contribution in [2.75, 3.05) is 21.5 Å². The summed E-state index contributed by atoms with van der Waals surface area (Å²) in [5.74, 6) is -2.19. The topological polar surface area (TPSA) is 148 Å². The molecule has 13 heteroatoms. The van der Waals surface area contributed by atoms with Crippen LogP contribution in [0.15, 0.2) is 76.4 Å². The van der Waals surface area contributed by atoms with E-state index in [2.05, 4.69) is 20.0 Å². The largest absolute Gasteiger partial charge is 0.462 e. The van der Waals surface area contributed by atoms with Crippen LogP contribution in [-0.4, -0.2) is 42.8 Å². The van der Waals surface area contributed by atoms with Crippen LogP contribution in [0.3, 0.4) is 0 Å². The summed E-state index contributed by atoms with van der Waals surface area (Å²) in [6.45, 7) is 3.53. The quantitative estimate of drug-likeness (QED) is 0.324. The molecule has 0 atom stereocenters. The molecule has 0 fully saturated rings. The third kappa shape index (κ3) is 5.44. The summed E-state index contributed by atoms with van der Waals surface area (Å²) in [5, 5.41) is 2.41. The number of aryl methyl sites for hydroxylation is 1. The van der Waals surface area contributed by atoms with Crippen LogP contribution in [0, 0.1) is 6.92 Å². The molecule has 0 unspecified atom stereocenters. The van der Waals surface area contributed by atoms with Crippen molar-refractivity contribution in [3.8, 4) is 0 Å². The van der Waals surface area contributed by atoms with E-state index in [1.807, 2.05) is 0 Å². The molecular formula is C24H20ClN5O6S. The van der Waals surface area contributed by atoms with E-state index in [0.29, 0.717) is 11.4 Å². The predicted octanol–water partition coefficient (Wildman–Crippen LogP) is 3.20. The minimum atomic E-state index is -3.97. The van der Waals surface area contributed by atoms with Crippen LogP contribution in [0.1, 0.15) is 23.0 Å². The van der Waals surface area contributed by atoms with Crippen LogP contribution in [-0.2, 0) is 24.3 Å². The fourth-order valence-electron chi connectivity index (χ4n) is 3.37. The van der Waals surface area contributed by atoms with Gasteiger partial charge in [-0.1, -0.05) is 17.7 Å². The van der Waals surface area contributed by atoms with Gasteiger partial charge in [-0.25, -0.2) is 32.8 Å². The van der Waals surface area contributed by atoms with Gasteiger partial charge in [-0.2, -0.15) is 0 Å². The third-order valence-electron chi connectivity index (χ3n) is 5.10. The number of benzene rings is 2. The van der Waals surface area contributed by atoms with Crippen molar-refractivity contribution in [2.24, 2.45) is 0 Å². The summed E-state index contributed by atoms with van der Waals surface area (Å²) in [4.78, 5) is 46.5. The van der Waals surface area contributed by atoms with Crippen molar-refractivity contribution < 1.29 is 27.5 Å². The summed E-state index contributed by atoms with van der Waals surface area (Å²) in [6, 6.07) is 12.9. The van der Waals surface area contributed by atoms with Gasteiger partial charge in [0.2, 0.25) is 5.95 Å². The maximum absolute atomic E-state index is 13.1. The minimum Gasteiger partial charge on any atom is -0.462 e. The van der Waals surface area contributed by atoms with E-state index in [-0.39, 0.29) is 39.4 Å². The monoisotopic (exact) mass is 541 g/mol. The molecular weight excluding hydrogens is 522 g/mol. The lowest BCUT2D eigenvalue weighted by Crippen LogP contribution is -2.32. The summed E-state index contributed by atoms with van der Waals surface area (Å²) in [7, 11) is -3.97. The number of ether oxygens (including phenoxy) is 1. The number of amides is 2. The zero-order valence-electron chi connectivity index (χ0n) is 19.6. The number of aromatic nitrogens is 2. The first-order valence-electron chi connectivity index (χ1n) is 10.9. The summed E-state index contributed by atoms with van der Waals surface area (Å²) >= 11 is 6.17. The number of esters is 1. The molecule has 11 nitrogen and oxygen atoms in total. The van der Waals surface area contributed by atoms with Gasteiger partial charge in [-0.15, -0.1) is 0 Å². The Kier molecular flexibility index (Phi) is 7.23. The number of nitrogens with zero attached hydrogens (tertiary/aromatic N) is 3.